The normalized spacial score (nSPS) is 10.3. The lowest BCUT2D eigenvalue weighted by Crippen LogP contribution is -2.09. The molecule has 0 saturated carbocycles. The fourth-order valence-electron chi connectivity index (χ4n) is 1.46. The topological polar surface area (TPSA) is 18.5 Å². The van der Waals surface area contributed by atoms with Gasteiger partial charge in [0, 0.05) is 8.95 Å². The van der Waals surface area contributed by atoms with Crippen LogP contribution >= 0.6 is 31.9 Å². The van der Waals surface area contributed by atoms with Crippen LogP contribution in [0.5, 0.6) is 11.5 Å². The minimum Gasteiger partial charge on any atom is -0.490 e. The first-order valence-electron chi connectivity index (χ1n) is 5.61. The second kappa shape index (κ2) is 6.91. The molecule has 2 aromatic carbocycles. The van der Waals surface area contributed by atoms with Crippen LogP contribution in [0.4, 0.5) is 4.39 Å². The lowest BCUT2D eigenvalue weighted by Gasteiger charge is -2.09. The van der Waals surface area contributed by atoms with Crippen molar-refractivity contribution in [1.29, 1.82) is 0 Å². The first-order chi connectivity index (χ1) is 9.15. The predicted octanol–water partition coefficient (Wildman–Crippen LogP) is 4.81. The number of benzene rings is 2. The molecule has 0 amide bonds. The average Bonchev–Trinajstić information content (AvgIpc) is 2.39. The van der Waals surface area contributed by atoms with Crippen molar-refractivity contribution in [1.82, 2.24) is 0 Å². The SMILES string of the molecule is Fc1ccc(Br)cc1OCCOc1cccc(Br)c1. The largest absolute Gasteiger partial charge is 0.490 e. The third-order valence-electron chi connectivity index (χ3n) is 2.30. The van der Waals surface area contributed by atoms with E-state index in [1.165, 1.54) is 6.07 Å². The number of hydrogen-bond acceptors (Lipinski definition) is 2. The summed E-state index contributed by atoms with van der Waals surface area (Å²) in [4.78, 5) is 0. The van der Waals surface area contributed by atoms with E-state index < -0.39 is 0 Å². The fourth-order valence-corrected chi connectivity index (χ4v) is 2.17. The zero-order valence-electron chi connectivity index (χ0n) is 9.91. The molecular formula is C14H11Br2FO2. The molecular weight excluding hydrogens is 379 g/mol. The molecule has 0 radical (unpaired) electrons. The van der Waals surface area contributed by atoms with Crippen molar-refractivity contribution in [2.45, 2.75) is 0 Å². The van der Waals surface area contributed by atoms with Gasteiger partial charge >= 0.3 is 0 Å². The van der Waals surface area contributed by atoms with E-state index in [1.54, 1.807) is 12.1 Å². The van der Waals surface area contributed by atoms with Crippen LogP contribution in [0.2, 0.25) is 0 Å². The second-order valence-electron chi connectivity index (χ2n) is 3.73. The first kappa shape index (κ1) is 14.3. The predicted molar refractivity (Wildman–Crippen MR) is 79.2 cm³/mol. The minimum atomic E-state index is -0.384. The van der Waals surface area contributed by atoms with Gasteiger partial charge in [-0.05, 0) is 36.4 Å². The monoisotopic (exact) mass is 388 g/mol. The molecule has 100 valence electrons. The molecule has 2 rings (SSSR count). The van der Waals surface area contributed by atoms with Crippen molar-refractivity contribution < 1.29 is 13.9 Å². The Labute approximate surface area is 127 Å². The molecule has 5 heteroatoms. The fraction of sp³-hybridized carbons (Fsp3) is 0.143. The summed E-state index contributed by atoms with van der Waals surface area (Å²) < 4.78 is 25.9. The molecule has 2 nitrogen and oxygen atoms in total. The molecule has 0 saturated heterocycles. The molecule has 19 heavy (non-hydrogen) atoms. The zero-order valence-corrected chi connectivity index (χ0v) is 13.1. The van der Waals surface area contributed by atoms with Crippen molar-refractivity contribution >= 4 is 31.9 Å². The molecule has 0 bridgehead atoms. The zero-order chi connectivity index (χ0) is 13.7. The van der Waals surface area contributed by atoms with Crippen LogP contribution in [0.25, 0.3) is 0 Å². The van der Waals surface area contributed by atoms with Gasteiger partial charge in [-0.15, -0.1) is 0 Å². The molecule has 0 fully saturated rings. The highest BCUT2D eigenvalue weighted by Gasteiger charge is 2.03. The van der Waals surface area contributed by atoms with Crippen molar-refractivity contribution in [3.8, 4) is 11.5 Å². The summed E-state index contributed by atoms with van der Waals surface area (Å²) >= 11 is 6.63. The molecule has 2 aromatic rings. The average molecular weight is 390 g/mol. The molecule has 0 aliphatic heterocycles. The van der Waals surface area contributed by atoms with Gasteiger partial charge in [0.1, 0.15) is 19.0 Å². The Kier molecular flexibility index (Phi) is 5.22. The first-order valence-corrected chi connectivity index (χ1v) is 7.20. The van der Waals surface area contributed by atoms with E-state index in [1.807, 2.05) is 24.3 Å². The van der Waals surface area contributed by atoms with E-state index in [4.69, 9.17) is 9.47 Å². The lowest BCUT2D eigenvalue weighted by atomic mass is 10.3. The Hall–Kier alpha value is -1.07. The highest BCUT2D eigenvalue weighted by atomic mass is 79.9. The van der Waals surface area contributed by atoms with Crippen LogP contribution < -0.4 is 9.47 Å². The van der Waals surface area contributed by atoms with Gasteiger partial charge in [0.25, 0.3) is 0 Å². The summed E-state index contributed by atoms with van der Waals surface area (Å²) in [6.45, 7) is 0.627. The summed E-state index contributed by atoms with van der Waals surface area (Å²) in [5.74, 6) is 0.575. The highest BCUT2D eigenvalue weighted by Crippen LogP contribution is 2.22. The Morgan fingerprint density at radius 2 is 1.63 bits per heavy atom. The third-order valence-corrected chi connectivity index (χ3v) is 3.29. The minimum absolute atomic E-state index is 0.215. The maximum atomic E-state index is 13.4. The van der Waals surface area contributed by atoms with Crippen LogP contribution in [0.15, 0.2) is 51.4 Å². The Balaban J connectivity index is 1.82. The van der Waals surface area contributed by atoms with Crippen LogP contribution in [-0.4, -0.2) is 13.2 Å². The Bertz CT molecular complexity index is 561. The summed E-state index contributed by atoms with van der Waals surface area (Å²) in [7, 11) is 0. The summed E-state index contributed by atoms with van der Waals surface area (Å²) in [5, 5.41) is 0. The van der Waals surface area contributed by atoms with E-state index in [9.17, 15) is 4.39 Å². The Morgan fingerprint density at radius 3 is 2.42 bits per heavy atom. The Morgan fingerprint density at radius 1 is 0.895 bits per heavy atom. The molecule has 0 N–H and O–H groups in total. The second-order valence-corrected chi connectivity index (χ2v) is 5.56. The van der Waals surface area contributed by atoms with Gasteiger partial charge in [-0.1, -0.05) is 37.9 Å². The van der Waals surface area contributed by atoms with E-state index in [0.29, 0.717) is 6.61 Å². The van der Waals surface area contributed by atoms with Crippen molar-refractivity contribution in [2.75, 3.05) is 13.2 Å². The summed E-state index contributed by atoms with van der Waals surface area (Å²) in [6, 6.07) is 12.1. The maximum Gasteiger partial charge on any atom is 0.165 e. The summed E-state index contributed by atoms with van der Waals surface area (Å²) in [6.07, 6.45) is 0. The van der Waals surface area contributed by atoms with Crippen molar-refractivity contribution in [2.24, 2.45) is 0 Å². The standard InChI is InChI=1S/C14H11Br2FO2/c15-10-2-1-3-12(8-10)18-6-7-19-14-9-11(16)4-5-13(14)17/h1-5,8-9H,6-7H2. The quantitative estimate of drug-likeness (QED) is 0.683. The van der Waals surface area contributed by atoms with E-state index in [2.05, 4.69) is 31.9 Å². The number of ether oxygens (including phenoxy) is 2. The highest BCUT2D eigenvalue weighted by molar-refractivity contribution is 9.10. The molecule has 0 atom stereocenters. The molecule has 0 aliphatic carbocycles. The molecule has 0 unspecified atom stereocenters. The molecule has 0 aromatic heterocycles. The van der Waals surface area contributed by atoms with Gasteiger partial charge in [0.15, 0.2) is 11.6 Å². The van der Waals surface area contributed by atoms with Gasteiger partial charge in [0.05, 0.1) is 0 Å². The van der Waals surface area contributed by atoms with Gasteiger partial charge in [-0.25, -0.2) is 4.39 Å². The molecule has 0 heterocycles. The van der Waals surface area contributed by atoms with E-state index in [-0.39, 0.29) is 18.2 Å². The van der Waals surface area contributed by atoms with Gasteiger partial charge in [-0.2, -0.15) is 0 Å². The van der Waals surface area contributed by atoms with Crippen molar-refractivity contribution in [3.05, 3.63) is 57.2 Å². The van der Waals surface area contributed by atoms with Gasteiger partial charge in [0.2, 0.25) is 0 Å². The molecule has 0 aliphatic rings. The van der Waals surface area contributed by atoms with Crippen LogP contribution in [0.3, 0.4) is 0 Å². The summed E-state index contributed by atoms with van der Waals surface area (Å²) in [5.41, 5.74) is 0. The number of rotatable bonds is 5. The van der Waals surface area contributed by atoms with Crippen molar-refractivity contribution in [3.63, 3.8) is 0 Å². The smallest absolute Gasteiger partial charge is 0.165 e. The van der Waals surface area contributed by atoms with Gasteiger partial charge in [-0.3, -0.25) is 0 Å². The van der Waals surface area contributed by atoms with E-state index >= 15 is 0 Å². The van der Waals surface area contributed by atoms with Crippen LogP contribution in [-0.2, 0) is 0 Å². The van der Waals surface area contributed by atoms with Crippen LogP contribution in [0.1, 0.15) is 0 Å². The van der Waals surface area contributed by atoms with E-state index in [0.717, 1.165) is 14.7 Å². The lowest BCUT2D eigenvalue weighted by molar-refractivity contribution is 0.211. The van der Waals surface area contributed by atoms with Gasteiger partial charge < -0.3 is 9.47 Å². The maximum absolute atomic E-state index is 13.4. The van der Waals surface area contributed by atoms with Crippen LogP contribution in [0, 0.1) is 5.82 Å². The molecule has 0 spiro atoms. The third kappa shape index (κ3) is 4.51. The number of halogens is 3. The number of hydrogen-bond donors (Lipinski definition) is 0.